The highest BCUT2D eigenvalue weighted by atomic mass is 19.1. The fourth-order valence-corrected chi connectivity index (χ4v) is 3.80. The molecule has 6 nitrogen and oxygen atoms in total. The van der Waals surface area contributed by atoms with Crippen LogP contribution in [0, 0.1) is 11.6 Å². The third-order valence-electron chi connectivity index (χ3n) is 5.61. The van der Waals surface area contributed by atoms with Crippen LogP contribution in [0.15, 0.2) is 36.4 Å². The molecule has 3 rings (SSSR count). The van der Waals surface area contributed by atoms with Crippen molar-refractivity contribution in [1.82, 2.24) is 9.80 Å². The largest absolute Gasteiger partial charge is 0.493 e. The number of amides is 1. The molecule has 1 heterocycles. The number of hydrogen-bond donors (Lipinski definition) is 0. The zero-order valence-electron chi connectivity index (χ0n) is 18.4. The summed E-state index contributed by atoms with van der Waals surface area (Å²) in [5, 5.41) is 0. The lowest BCUT2D eigenvalue weighted by molar-refractivity contribution is -0.133. The number of nitrogens with zero attached hydrogens (tertiary/aromatic N) is 2. The number of carbonyl (C=O) groups excluding carboxylic acids is 2. The highest BCUT2D eigenvalue weighted by Gasteiger charge is 2.22. The Kier molecular flexibility index (Phi) is 8.16. The van der Waals surface area contributed by atoms with Gasteiger partial charge in [0.2, 0.25) is 5.91 Å². The van der Waals surface area contributed by atoms with Crippen LogP contribution in [0.4, 0.5) is 8.78 Å². The van der Waals surface area contributed by atoms with E-state index in [9.17, 15) is 18.4 Å². The van der Waals surface area contributed by atoms with E-state index in [4.69, 9.17) is 9.47 Å². The van der Waals surface area contributed by atoms with Gasteiger partial charge in [-0.25, -0.2) is 8.78 Å². The number of Topliss-reactive ketones (excluding diaryl/α,β-unsaturated/α-hetero) is 1. The fraction of sp³-hybridized carbons (Fsp3) is 0.417. The number of halogens is 2. The molecule has 0 N–H and O–H groups in total. The lowest BCUT2D eigenvalue weighted by atomic mass is 10.0. The SMILES string of the molecule is COc1ccc(CN2CCN(C(=O)CCCC(=O)c3ccc(F)cc3F)CC2)cc1OC. The maximum absolute atomic E-state index is 13.7. The maximum atomic E-state index is 13.7. The molecular weight excluding hydrogens is 418 g/mol. The number of carbonyl (C=O) groups is 2. The minimum atomic E-state index is -0.869. The second-order valence-corrected chi connectivity index (χ2v) is 7.75. The van der Waals surface area contributed by atoms with Gasteiger partial charge in [-0.3, -0.25) is 14.5 Å². The Morgan fingerprint density at radius 3 is 2.28 bits per heavy atom. The van der Waals surface area contributed by atoms with E-state index in [1.165, 1.54) is 0 Å². The van der Waals surface area contributed by atoms with E-state index in [2.05, 4.69) is 4.90 Å². The van der Waals surface area contributed by atoms with E-state index in [1.54, 1.807) is 19.1 Å². The van der Waals surface area contributed by atoms with Gasteiger partial charge in [-0.05, 0) is 36.2 Å². The van der Waals surface area contributed by atoms with Gasteiger partial charge in [0, 0.05) is 51.6 Å². The molecule has 0 radical (unpaired) electrons. The highest BCUT2D eigenvalue weighted by molar-refractivity contribution is 5.96. The van der Waals surface area contributed by atoms with Gasteiger partial charge in [0.15, 0.2) is 17.3 Å². The molecule has 0 spiro atoms. The predicted molar refractivity (Wildman–Crippen MR) is 116 cm³/mol. The lowest BCUT2D eigenvalue weighted by Gasteiger charge is -2.35. The number of methoxy groups -OCH3 is 2. The first kappa shape index (κ1) is 23.7. The van der Waals surface area contributed by atoms with Crippen LogP contribution in [0.3, 0.4) is 0 Å². The summed E-state index contributed by atoms with van der Waals surface area (Å²) in [7, 11) is 3.21. The van der Waals surface area contributed by atoms with Crippen molar-refractivity contribution in [1.29, 1.82) is 0 Å². The zero-order chi connectivity index (χ0) is 23.1. The Labute approximate surface area is 186 Å². The molecule has 8 heteroatoms. The Morgan fingerprint density at radius 2 is 1.62 bits per heavy atom. The molecule has 1 amide bonds. The van der Waals surface area contributed by atoms with Gasteiger partial charge in [-0.1, -0.05) is 6.07 Å². The molecule has 0 saturated carbocycles. The minimum absolute atomic E-state index is 0.0110. The second kappa shape index (κ2) is 11.0. The molecule has 0 unspecified atom stereocenters. The first-order valence-electron chi connectivity index (χ1n) is 10.6. The van der Waals surface area contributed by atoms with E-state index in [-0.39, 0.29) is 24.3 Å². The molecular formula is C24H28F2N2O4. The van der Waals surface area contributed by atoms with Crippen molar-refractivity contribution in [2.75, 3.05) is 40.4 Å². The number of ketones is 1. The molecule has 1 saturated heterocycles. The lowest BCUT2D eigenvalue weighted by Crippen LogP contribution is -2.48. The topological polar surface area (TPSA) is 59.1 Å². The summed E-state index contributed by atoms with van der Waals surface area (Å²) in [4.78, 5) is 28.7. The Hall–Kier alpha value is -3.00. The van der Waals surface area contributed by atoms with Crippen molar-refractivity contribution in [2.24, 2.45) is 0 Å². The van der Waals surface area contributed by atoms with Crippen LogP contribution < -0.4 is 9.47 Å². The average molecular weight is 446 g/mol. The van der Waals surface area contributed by atoms with Crippen molar-refractivity contribution in [2.45, 2.75) is 25.8 Å². The van der Waals surface area contributed by atoms with Gasteiger partial charge >= 0.3 is 0 Å². The third kappa shape index (κ3) is 6.03. The smallest absolute Gasteiger partial charge is 0.222 e. The number of benzene rings is 2. The van der Waals surface area contributed by atoms with Crippen LogP contribution in [0.25, 0.3) is 0 Å². The monoisotopic (exact) mass is 446 g/mol. The summed E-state index contributed by atoms with van der Waals surface area (Å²) in [5.74, 6) is -0.647. The van der Waals surface area contributed by atoms with Crippen molar-refractivity contribution in [3.63, 3.8) is 0 Å². The molecule has 32 heavy (non-hydrogen) atoms. The number of rotatable bonds is 9. The number of piperazine rings is 1. The summed E-state index contributed by atoms with van der Waals surface area (Å²) in [6, 6.07) is 8.74. The zero-order valence-corrected chi connectivity index (χ0v) is 18.4. The van der Waals surface area contributed by atoms with Gasteiger partial charge in [-0.2, -0.15) is 0 Å². The third-order valence-corrected chi connectivity index (χ3v) is 5.61. The van der Waals surface area contributed by atoms with Crippen LogP contribution in [-0.4, -0.2) is 61.9 Å². The van der Waals surface area contributed by atoms with Gasteiger partial charge in [0.1, 0.15) is 11.6 Å². The Bertz CT molecular complexity index is 959. The fourth-order valence-electron chi connectivity index (χ4n) is 3.80. The minimum Gasteiger partial charge on any atom is -0.493 e. The quantitative estimate of drug-likeness (QED) is 0.550. The molecule has 1 aliphatic heterocycles. The average Bonchev–Trinajstić information content (AvgIpc) is 2.79. The Morgan fingerprint density at radius 1 is 0.906 bits per heavy atom. The normalized spacial score (nSPS) is 14.3. The standard InChI is InChI=1S/C24H28F2N2O4/c1-31-22-9-6-17(14-23(22)32-2)16-27-10-12-28(13-11-27)24(30)5-3-4-21(29)19-8-7-18(25)15-20(19)26/h6-9,14-15H,3-5,10-13,16H2,1-2H3. The molecule has 0 aromatic heterocycles. The predicted octanol–water partition coefficient (Wildman–Crippen LogP) is 3.68. The second-order valence-electron chi connectivity index (χ2n) is 7.75. The summed E-state index contributed by atoms with van der Waals surface area (Å²) in [6.07, 6.45) is 0.609. The van der Waals surface area contributed by atoms with E-state index >= 15 is 0 Å². The molecule has 1 fully saturated rings. The summed E-state index contributed by atoms with van der Waals surface area (Å²) >= 11 is 0. The number of hydrogen-bond acceptors (Lipinski definition) is 5. The highest BCUT2D eigenvalue weighted by Crippen LogP contribution is 2.28. The van der Waals surface area contributed by atoms with Crippen molar-refractivity contribution < 1.29 is 27.8 Å². The van der Waals surface area contributed by atoms with E-state index in [0.29, 0.717) is 37.1 Å². The van der Waals surface area contributed by atoms with Gasteiger partial charge < -0.3 is 14.4 Å². The van der Waals surface area contributed by atoms with Crippen LogP contribution in [0.5, 0.6) is 11.5 Å². The Balaban J connectivity index is 1.42. The van der Waals surface area contributed by atoms with Gasteiger partial charge in [-0.15, -0.1) is 0 Å². The molecule has 172 valence electrons. The van der Waals surface area contributed by atoms with Crippen LogP contribution in [0.1, 0.15) is 35.2 Å². The van der Waals surface area contributed by atoms with Crippen LogP contribution in [0.2, 0.25) is 0 Å². The number of ether oxygens (including phenoxy) is 2. The summed E-state index contributed by atoms with van der Waals surface area (Å²) in [6.45, 7) is 3.49. The molecule has 2 aromatic rings. The van der Waals surface area contributed by atoms with Gasteiger partial charge in [0.25, 0.3) is 0 Å². The van der Waals surface area contributed by atoms with E-state index in [1.807, 2.05) is 18.2 Å². The van der Waals surface area contributed by atoms with E-state index < -0.39 is 17.4 Å². The molecule has 0 atom stereocenters. The molecule has 0 bridgehead atoms. The first-order chi connectivity index (χ1) is 15.4. The summed E-state index contributed by atoms with van der Waals surface area (Å²) < 4.78 is 37.3. The van der Waals surface area contributed by atoms with Crippen LogP contribution >= 0.6 is 0 Å². The van der Waals surface area contributed by atoms with Crippen LogP contribution in [-0.2, 0) is 11.3 Å². The first-order valence-corrected chi connectivity index (χ1v) is 10.6. The molecule has 1 aliphatic rings. The molecule has 0 aliphatic carbocycles. The summed E-state index contributed by atoms with van der Waals surface area (Å²) in [5.41, 5.74) is 0.969. The van der Waals surface area contributed by atoms with Gasteiger partial charge in [0.05, 0.1) is 19.8 Å². The molecule has 2 aromatic carbocycles. The van der Waals surface area contributed by atoms with Crippen molar-refractivity contribution >= 4 is 11.7 Å². The maximum Gasteiger partial charge on any atom is 0.222 e. The van der Waals surface area contributed by atoms with Crippen molar-refractivity contribution in [3.8, 4) is 11.5 Å². The van der Waals surface area contributed by atoms with Crippen molar-refractivity contribution in [3.05, 3.63) is 59.2 Å². The van der Waals surface area contributed by atoms with E-state index in [0.717, 1.165) is 37.3 Å².